The zero-order valence-corrected chi connectivity index (χ0v) is 9.08. The summed E-state index contributed by atoms with van der Waals surface area (Å²) >= 11 is 0. The molecule has 0 radical (unpaired) electrons. The van der Waals surface area contributed by atoms with Crippen molar-refractivity contribution in [2.45, 2.75) is 45.1 Å². The standard InChI is InChI=1S/C12H20O2/c1-11(2)5-3-9(7-11)12(14)8-10(12)4-6-13/h3,10,13-14H,4-8H2,1-2H3. The minimum atomic E-state index is -0.545. The lowest BCUT2D eigenvalue weighted by Gasteiger charge is -2.19. The third kappa shape index (κ3) is 1.61. The number of hydrogen-bond donors (Lipinski definition) is 2. The van der Waals surface area contributed by atoms with Gasteiger partial charge in [-0.15, -0.1) is 0 Å². The highest BCUT2D eigenvalue weighted by Crippen LogP contribution is 2.56. The van der Waals surface area contributed by atoms with Crippen LogP contribution in [0.5, 0.6) is 0 Å². The van der Waals surface area contributed by atoms with Crippen LogP contribution in [0.4, 0.5) is 0 Å². The fourth-order valence-electron chi connectivity index (χ4n) is 2.60. The van der Waals surface area contributed by atoms with Gasteiger partial charge in [0.2, 0.25) is 0 Å². The summed E-state index contributed by atoms with van der Waals surface area (Å²) in [6.07, 6.45) is 5.91. The molecule has 2 unspecified atom stereocenters. The first-order valence-corrected chi connectivity index (χ1v) is 5.51. The Morgan fingerprint density at radius 3 is 2.71 bits per heavy atom. The first-order chi connectivity index (χ1) is 6.48. The van der Waals surface area contributed by atoms with Crippen LogP contribution >= 0.6 is 0 Å². The molecule has 0 heterocycles. The lowest BCUT2D eigenvalue weighted by molar-refractivity contribution is 0.151. The highest BCUT2D eigenvalue weighted by atomic mass is 16.3. The first-order valence-electron chi connectivity index (χ1n) is 5.51. The van der Waals surface area contributed by atoms with Crippen LogP contribution in [0.1, 0.15) is 39.5 Å². The van der Waals surface area contributed by atoms with Crippen molar-refractivity contribution < 1.29 is 10.2 Å². The fraction of sp³-hybridized carbons (Fsp3) is 0.833. The Kier molecular flexibility index (Phi) is 2.24. The van der Waals surface area contributed by atoms with Gasteiger partial charge in [0, 0.05) is 6.61 Å². The van der Waals surface area contributed by atoms with Crippen molar-refractivity contribution >= 4 is 0 Å². The molecular formula is C12H20O2. The Balaban J connectivity index is 1.99. The van der Waals surface area contributed by atoms with Gasteiger partial charge in [-0.25, -0.2) is 0 Å². The molecule has 0 saturated heterocycles. The van der Waals surface area contributed by atoms with E-state index in [2.05, 4.69) is 19.9 Å². The van der Waals surface area contributed by atoms with Gasteiger partial charge in [0.05, 0.1) is 5.60 Å². The van der Waals surface area contributed by atoms with Crippen LogP contribution in [0, 0.1) is 11.3 Å². The Morgan fingerprint density at radius 1 is 1.50 bits per heavy atom. The average molecular weight is 196 g/mol. The highest BCUT2D eigenvalue weighted by molar-refractivity contribution is 5.32. The molecule has 0 bridgehead atoms. The molecule has 1 fully saturated rings. The fourth-order valence-corrected chi connectivity index (χ4v) is 2.60. The van der Waals surface area contributed by atoms with Gasteiger partial charge in [0.15, 0.2) is 0 Å². The summed E-state index contributed by atoms with van der Waals surface area (Å²) in [7, 11) is 0. The molecule has 2 atom stereocenters. The summed E-state index contributed by atoms with van der Waals surface area (Å²) < 4.78 is 0. The van der Waals surface area contributed by atoms with Gasteiger partial charge in [-0.3, -0.25) is 0 Å². The molecule has 1 saturated carbocycles. The van der Waals surface area contributed by atoms with Crippen molar-refractivity contribution in [3.8, 4) is 0 Å². The Morgan fingerprint density at radius 2 is 2.21 bits per heavy atom. The van der Waals surface area contributed by atoms with Crippen LogP contribution in [0.25, 0.3) is 0 Å². The molecule has 0 amide bonds. The smallest absolute Gasteiger partial charge is 0.0890 e. The van der Waals surface area contributed by atoms with E-state index in [1.807, 2.05) is 0 Å². The minimum absolute atomic E-state index is 0.198. The van der Waals surface area contributed by atoms with E-state index in [1.165, 1.54) is 5.57 Å². The maximum Gasteiger partial charge on any atom is 0.0890 e. The highest BCUT2D eigenvalue weighted by Gasteiger charge is 2.55. The maximum atomic E-state index is 10.3. The zero-order valence-electron chi connectivity index (χ0n) is 9.08. The van der Waals surface area contributed by atoms with Gasteiger partial charge < -0.3 is 10.2 Å². The monoisotopic (exact) mass is 196 g/mol. The van der Waals surface area contributed by atoms with Crippen LogP contribution in [0.3, 0.4) is 0 Å². The Bertz CT molecular complexity index is 267. The minimum Gasteiger partial charge on any atom is -0.396 e. The molecule has 80 valence electrons. The molecule has 0 aromatic rings. The number of aliphatic hydroxyl groups excluding tert-OH is 1. The van der Waals surface area contributed by atoms with E-state index >= 15 is 0 Å². The van der Waals surface area contributed by atoms with Gasteiger partial charge in [0.1, 0.15) is 0 Å². The third-order valence-electron chi connectivity index (χ3n) is 3.68. The van der Waals surface area contributed by atoms with Gasteiger partial charge in [-0.1, -0.05) is 19.9 Å². The molecule has 2 aliphatic carbocycles. The summed E-state index contributed by atoms with van der Waals surface area (Å²) in [5.74, 6) is 0.313. The van der Waals surface area contributed by atoms with E-state index in [1.54, 1.807) is 0 Å². The first kappa shape index (κ1) is 10.2. The van der Waals surface area contributed by atoms with Crippen molar-refractivity contribution in [2.24, 2.45) is 11.3 Å². The Labute approximate surface area is 85.6 Å². The molecule has 0 aliphatic heterocycles. The second-order valence-corrected chi connectivity index (χ2v) is 5.61. The molecule has 2 aliphatic rings. The zero-order chi connectivity index (χ0) is 10.4. The number of hydrogen-bond acceptors (Lipinski definition) is 2. The lowest BCUT2D eigenvalue weighted by Crippen LogP contribution is -2.17. The van der Waals surface area contributed by atoms with Gasteiger partial charge in [-0.05, 0) is 42.6 Å². The third-order valence-corrected chi connectivity index (χ3v) is 3.68. The van der Waals surface area contributed by atoms with Crippen LogP contribution in [0.2, 0.25) is 0 Å². The quantitative estimate of drug-likeness (QED) is 0.676. The van der Waals surface area contributed by atoms with Crippen LogP contribution in [-0.4, -0.2) is 22.4 Å². The van der Waals surface area contributed by atoms with Crippen LogP contribution in [-0.2, 0) is 0 Å². The molecule has 2 N–H and O–H groups in total. The second kappa shape index (κ2) is 3.07. The summed E-state index contributed by atoms with van der Waals surface area (Å²) in [5.41, 5.74) is 1.01. The average Bonchev–Trinajstić information content (AvgIpc) is 2.56. The predicted octanol–water partition coefficient (Wildman–Crippen LogP) is 1.87. The summed E-state index contributed by atoms with van der Waals surface area (Å²) in [4.78, 5) is 0. The second-order valence-electron chi connectivity index (χ2n) is 5.61. The van der Waals surface area contributed by atoms with E-state index in [0.29, 0.717) is 11.3 Å². The Hall–Kier alpha value is -0.340. The molecule has 0 aromatic heterocycles. The predicted molar refractivity (Wildman–Crippen MR) is 55.9 cm³/mol. The maximum absolute atomic E-state index is 10.3. The van der Waals surface area contributed by atoms with E-state index in [-0.39, 0.29) is 6.61 Å². The van der Waals surface area contributed by atoms with E-state index in [4.69, 9.17) is 5.11 Å². The van der Waals surface area contributed by atoms with Crippen LogP contribution < -0.4 is 0 Å². The van der Waals surface area contributed by atoms with Gasteiger partial charge in [0.25, 0.3) is 0 Å². The number of rotatable bonds is 3. The van der Waals surface area contributed by atoms with E-state index < -0.39 is 5.60 Å². The topological polar surface area (TPSA) is 40.5 Å². The van der Waals surface area contributed by atoms with Crippen molar-refractivity contribution in [2.75, 3.05) is 6.61 Å². The van der Waals surface area contributed by atoms with Crippen molar-refractivity contribution in [3.05, 3.63) is 11.6 Å². The molecule has 2 nitrogen and oxygen atoms in total. The van der Waals surface area contributed by atoms with E-state index in [9.17, 15) is 5.11 Å². The van der Waals surface area contributed by atoms with Gasteiger partial charge in [-0.2, -0.15) is 0 Å². The summed E-state index contributed by atoms with van der Waals surface area (Å²) in [6, 6.07) is 0. The largest absolute Gasteiger partial charge is 0.396 e. The SMILES string of the molecule is CC1(C)CC=C(C2(O)CC2CCO)C1. The number of allylic oxidation sites excluding steroid dienone is 1. The van der Waals surface area contributed by atoms with Crippen molar-refractivity contribution in [1.82, 2.24) is 0 Å². The van der Waals surface area contributed by atoms with Gasteiger partial charge >= 0.3 is 0 Å². The van der Waals surface area contributed by atoms with E-state index in [0.717, 1.165) is 25.7 Å². The van der Waals surface area contributed by atoms with Crippen molar-refractivity contribution in [3.63, 3.8) is 0 Å². The molecule has 0 spiro atoms. The lowest BCUT2D eigenvalue weighted by atomic mass is 9.88. The molecule has 2 heteroatoms. The summed E-state index contributed by atoms with van der Waals surface area (Å²) in [5, 5.41) is 19.1. The molecular weight excluding hydrogens is 176 g/mol. The normalized spacial score (nSPS) is 39.7. The molecule has 2 rings (SSSR count). The molecule has 0 aromatic carbocycles. The number of aliphatic hydroxyl groups is 2. The van der Waals surface area contributed by atoms with Crippen LogP contribution in [0.15, 0.2) is 11.6 Å². The van der Waals surface area contributed by atoms with Crippen molar-refractivity contribution in [1.29, 1.82) is 0 Å². The molecule has 14 heavy (non-hydrogen) atoms. The summed E-state index contributed by atoms with van der Waals surface area (Å²) in [6.45, 7) is 4.68.